The van der Waals surface area contributed by atoms with Gasteiger partial charge in [0.25, 0.3) is 0 Å². The first-order chi connectivity index (χ1) is 9.24. The summed E-state index contributed by atoms with van der Waals surface area (Å²) in [7, 11) is 0. The van der Waals surface area contributed by atoms with Crippen LogP contribution < -0.4 is 0 Å². The summed E-state index contributed by atoms with van der Waals surface area (Å²) in [5.41, 5.74) is 2.47. The van der Waals surface area contributed by atoms with Crippen molar-refractivity contribution in [1.82, 2.24) is 4.98 Å². The molecule has 0 spiro atoms. The Labute approximate surface area is 107 Å². The number of para-hydroxylation sites is 1. The van der Waals surface area contributed by atoms with Gasteiger partial charge in [-0.2, -0.15) is 0 Å². The zero-order valence-corrected chi connectivity index (χ0v) is 9.81. The molecule has 4 rings (SSSR count). The van der Waals surface area contributed by atoms with E-state index in [1.54, 1.807) is 6.07 Å². The first-order valence-electron chi connectivity index (χ1n) is 5.90. The van der Waals surface area contributed by atoms with Crippen molar-refractivity contribution in [3.8, 4) is 0 Å². The van der Waals surface area contributed by atoms with Crippen molar-refractivity contribution < 1.29 is 14.3 Å². The fraction of sp³-hybridized carbons (Fsp3) is 0. The molecule has 0 aliphatic rings. The van der Waals surface area contributed by atoms with Crippen LogP contribution in [0.1, 0.15) is 10.5 Å². The van der Waals surface area contributed by atoms with Gasteiger partial charge in [-0.15, -0.1) is 0 Å². The number of fused-ring (bicyclic) bond motifs is 5. The summed E-state index contributed by atoms with van der Waals surface area (Å²) in [6.45, 7) is 0. The summed E-state index contributed by atoms with van der Waals surface area (Å²) in [5, 5.41) is 11.9. The molecule has 2 aromatic carbocycles. The van der Waals surface area contributed by atoms with Crippen molar-refractivity contribution in [2.75, 3.05) is 0 Å². The topological polar surface area (TPSA) is 66.2 Å². The Balaban J connectivity index is 2.21. The highest BCUT2D eigenvalue weighted by Crippen LogP contribution is 2.33. The van der Waals surface area contributed by atoms with E-state index in [0.717, 1.165) is 32.8 Å². The van der Waals surface area contributed by atoms with Crippen LogP contribution in [0.4, 0.5) is 0 Å². The number of hydrogen-bond acceptors (Lipinski definition) is 2. The van der Waals surface area contributed by atoms with Gasteiger partial charge in [-0.05, 0) is 24.3 Å². The molecule has 0 amide bonds. The molecule has 0 fully saturated rings. The molecule has 2 aromatic heterocycles. The van der Waals surface area contributed by atoms with Gasteiger partial charge in [-0.3, -0.25) is 0 Å². The van der Waals surface area contributed by atoms with Gasteiger partial charge in [0, 0.05) is 21.7 Å². The minimum atomic E-state index is -0.972. The van der Waals surface area contributed by atoms with E-state index in [0.29, 0.717) is 0 Å². The largest absolute Gasteiger partial charge is 0.477 e. The molecule has 0 atom stereocenters. The smallest absolute Gasteiger partial charge is 0.352 e. The summed E-state index contributed by atoms with van der Waals surface area (Å²) in [5.74, 6) is -0.972. The van der Waals surface area contributed by atoms with Crippen LogP contribution in [-0.2, 0) is 0 Å². The number of H-pyrrole nitrogens is 1. The number of carboxylic acid groups (broad SMARTS) is 1. The van der Waals surface area contributed by atoms with E-state index in [1.807, 2.05) is 36.4 Å². The van der Waals surface area contributed by atoms with Gasteiger partial charge in [-0.1, -0.05) is 18.2 Å². The van der Waals surface area contributed by atoms with Gasteiger partial charge in [0.05, 0.1) is 0 Å². The van der Waals surface area contributed by atoms with Crippen LogP contribution in [0.3, 0.4) is 0 Å². The molecule has 0 bridgehead atoms. The number of carbonyl (C=O) groups is 1. The number of aromatic amines is 1. The number of nitrogens with one attached hydrogen (secondary N) is 1. The molecule has 0 saturated carbocycles. The molecule has 0 saturated heterocycles. The standard InChI is InChI=1S/C15H9NO3/c17-15(18)12-7-10-11(16-12)6-5-9-8-3-1-2-4-13(8)19-14(9)10/h1-7,16H,(H,17,18). The molecule has 0 aliphatic carbocycles. The second-order valence-corrected chi connectivity index (χ2v) is 4.49. The number of aromatic carboxylic acids is 1. The second-order valence-electron chi connectivity index (χ2n) is 4.49. The normalized spacial score (nSPS) is 11.6. The Morgan fingerprint density at radius 1 is 1.05 bits per heavy atom. The van der Waals surface area contributed by atoms with E-state index in [1.165, 1.54) is 0 Å². The lowest BCUT2D eigenvalue weighted by molar-refractivity contribution is 0.0691. The van der Waals surface area contributed by atoms with Gasteiger partial charge in [0.2, 0.25) is 0 Å². The van der Waals surface area contributed by atoms with E-state index in [9.17, 15) is 4.79 Å². The lowest BCUT2D eigenvalue weighted by Crippen LogP contribution is -1.94. The molecule has 4 heteroatoms. The highest BCUT2D eigenvalue weighted by molar-refractivity contribution is 6.15. The molecule has 0 radical (unpaired) electrons. The number of carboxylic acids is 1. The summed E-state index contributed by atoms with van der Waals surface area (Å²) < 4.78 is 5.85. The highest BCUT2D eigenvalue weighted by Gasteiger charge is 2.14. The predicted octanol–water partition coefficient (Wildman–Crippen LogP) is 3.77. The lowest BCUT2D eigenvalue weighted by atomic mass is 10.1. The summed E-state index contributed by atoms with van der Waals surface area (Å²) in [6.07, 6.45) is 0. The second kappa shape index (κ2) is 3.38. The van der Waals surface area contributed by atoms with Crippen LogP contribution in [0.5, 0.6) is 0 Å². The number of benzene rings is 2. The third kappa shape index (κ3) is 1.31. The molecule has 0 unspecified atom stereocenters. The number of hydrogen-bond donors (Lipinski definition) is 2. The van der Waals surface area contributed by atoms with E-state index in [4.69, 9.17) is 9.52 Å². The monoisotopic (exact) mass is 251 g/mol. The van der Waals surface area contributed by atoms with Crippen molar-refractivity contribution in [2.45, 2.75) is 0 Å². The summed E-state index contributed by atoms with van der Waals surface area (Å²) in [4.78, 5) is 13.9. The van der Waals surface area contributed by atoms with Crippen molar-refractivity contribution >= 4 is 38.8 Å². The maximum absolute atomic E-state index is 11.0. The summed E-state index contributed by atoms with van der Waals surface area (Å²) >= 11 is 0. The molecule has 4 nitrogen and oxygen atoms in total. The minimum Gasteiger partial charge on any atom is -0.477 e. The van der Waals surface area contributed by atoms with Crippen LogP contribution in [0.25, 0.3) is 32.8 Å². The van der Waals surface area contributed by atoms with Crippen molar-refractivity contribution in [2.24, 2.45) is 0 Å². The molecular weight excluding hydrogens is 242 g/mol. The first kappa shape index (κ1) is 10.2. The maximum Gasteiger partial charge on any atom is 0.352 e. The average molecular weight is 251 g/mol. The van der Waals surface area contributed by atoms with Gasteiger partial charge in [0.1, 0.15) is 16.9 Å². The number of aromatic nitrogens is 1. The Morgan fingerprint density at radius 2 is 1.89 bits per heavy atom. The third-order valence-electron chi connectivity index (χ3n) is 3.37. The molecule has 92 valence electrons. The fourth-order valence-corrected chi connectivity index (χ4v) is 2.50. The Hall–Kier alpha value is -2.75. The molecule has 2 heterocycles. The number of furan rings is 1. The predicted molar refractivity (Wildman–Crippen MR) is 72.5 cm³/mol. The maximum atomic E-state index is 11.0. The van der Waals surface area contributed by atoms with Crippen LogP contribution in [0.2, 0.25) is 0 Å². The van der Waals surface area contributed by atoms with E-state index in [2.05, 4.69) is 4.98 Å². The summed E-state index contributed by atoms with van der Waals surface area (Å²) in [6, 6.07) is 13.2. The zero-order valence-electron chi connectivity index (χ0n) is 9.81. The van der Waals surface area contributed by atoms with Crippen LogP contribution >= 0.6 is 0 Å². The molecule has 4 aromatic rings. The number of rotatable bonds is 1. The minimum absolute atomic E-state index is 0.169. The van der Waals surface area contributed by atoms with Crippen LogP contribution in [0.15, 0.2) is 46.9 Å². The lowest BCUT2D eigenvalue weighted by Gasteiger charge is -1.90. The third-order valence-corrected chi connectivity index (χ3v) is 3.37. The Kier molecular flexibility index (Phi) is 1.82. The molecule has 2 N–H and O–H groups in total. The zero-order chi connectivity index (χ0) is 13.0. The van der Waals surface area contributed by atoms with Crippen LogP contribution in [-0.4, -0.2) is 16.1 Å². The first-order valence-corrected chi connectivity index (χ1v) is 5.90. The molecular formula is C15H9NO3. The van der Waals surface area contributed by atoms with Gasteiger partial charge in [-0.25, -0.2) is 4.79 Å². The molecule has 0 aliphatic heterocycles. The van der Waals surface area contributed by atoms with E-state index < -0.39 is 5.97 Å². The van der Waals surface area contributed by atoms with Crippen molar-refractivity contribution in [1.29, 1.82) is 0 Å². The van der Waals surface area contributed by atoms with Crippen molar-refractivity contribution in [3.05, 3.63) is 48.2 Å². The average Bonchev–Trinajstić information content (AvgIpc) is 2.99. The quantitative estimate of drug-likeness (QED) is 0.541. The van der Waals surface area contributed by atoms with Crippen LogP contribution in [0, 0.1) is 0 Å². The van der Waals surface area contributed by atoms with E-state index in [-0.39, 0.29) is 5.69 Å². The fourth-order valence-electron chi connectivity index (χ4n) is 2.50. The Morgan fingerprint density at radius 3 is 2.74 bits per heavy atom. The van der Waals surface area contributed by atoms with E-state index >= 15 is 0 Å². The highest BCUT2D eigenvalue weighted by atomic mass is 16.4. The molecule has 19 heavy (non-hydrogen) atoms. The Bertz CT molecular complexity index is 946. The van der Waals surface area contributed by atoms with Gasteiger partial charge in [0.15, 0.2) is 0 Å². The van der Waals surface area contributed by atoms with Gasteiger partial charge < -0.3 is 14.5 Å². The SMILES string of the molecule is O=C(O)c1cc2c(ccc3c4ccccc4oc23)[nH]1. The van der Waals surface area contributed by atoms with Crippen molar-refractivity contribution in [3.63, 3.8) is 0 Å². The van der Waals surface area contributed by atoms with Gasteiger partial charge >= 0.3 is 5.97 Å².